The lowest BCUT2D eigenvalue weighted by Crippen LogP contribution is -2.08. The Hall–Kier alpha value is -0.860. The van der Waals surface area contributed by atoms with Gasteiger partial charge in [-0.15, -0.1) is 0 Å². The molecule has 34 heavy (non-hydrogen) atoms. The SMILES string of the molecule is C=C(CCCCCCCCCCCCCCCCCC)C(=O)OCCCCCCCCCCF. The average Bonchev–Trinajstić information content (AvgIpc) is 2.84. The van der Waals surface area contributed by atoms with Gasteiger partial charge in [0.25, 0.3) is 0 Å². The summed E-state index contributed by atoms with van der Waals surface area (Å²) in [7, 11) is 0. The van der Waals surface area contributed by atoms with Crippen LogP contribution < -0.4 is 0 Å². The summed E-state index contributed by atoms with van der Waals surface area (Å²) in [5.74, 6) is -0.202. The molecule has 0 aliphatic heterocycles. The maximum atomic E-state index is 12.0. The van der Waals surface area contributed by atoms with Crippen molar-refractivity contribution < 1.29 is 13.9 Å². The highest BCUT2D eigenvalue weighted by molar-refractivity contribution is 5.87. The van der Waals surface area contributed by atoms with Gasteiger partial charge in [0.2, 0.25) is 0 Å². The molecular formula is C31H59FO2. The predicted octanol–water partition coefficient (Wildman–Crippen LogP) is 10.8. The molecule has 0 bridgehead atoms. The monoisotopic (exact) mass is 482 g/mol. The second-order valence-corrected chi connectivity index (χ2v) is 10.3. The summed E-state index contributed by atoms with van der Waals surface area (Å²) in [6.07, 6.45) is 31.0. The van der Waals surface area contributed by atoms with Gasteiger partial charge in [-0.25, -0.2) is 4.79 Å². The van der Waals surface area contributed by atoms with E-state index < -0.39 is 0 Å². The van der Waals surface area contributed by atoms with E-state index in [1.165, 1.54) is 116 Å². The van der Waals surface area contributed by atoms with Crippen LogP contribution in [0.1, 0.15) is 167 Å². The van der Waals surface area contributed by atoms with Crippen molar-refractivity contribution in [2.75, 3.05) is 13.3 Å². The van der Waals surface area contributed by atoms with Crippen molar-refractivity contribution in [2.24, 2.45) is 0 Å². The van der Waals surface area contributed by atoms with Gasteiger partial charge in [-0.05, 0) is 25.7 Å². The van der Waals surface area contributed by atoms with E-state index in [2.05, 4.69) is 13.5 Å². The zero-order valence-electron chi connectivity index (χ0n) is 23.0. The fourth-order valence-electron chi connectivity index (χ4n) is 4.51. The molecule has 2 nitrogen and oxygen atoms in total. The first kappa shape index (κ1) is 33.1. The Kier molecular flexibility index (Phi) is 27.7. The molecule has 0 unspecified atom stereocenters. The third-order valence-electron chi connectivity index (χ3n) is 6.88. The summed E-state index contributed by atoms with van der Waals surface area (Å²) < 4.78 is 17.4. The van der Waals surface area contributed by atoms with Gasteiger partial charge in [0.1, 0.15) is 0 Å². The first-order chi connectivity index (χ1) is 16.7. The smallest absolute Gasteiger partial charge is 0.333 e. The van der Waals surface area contributed by atoms with Crippen molar-refractivity contribution in [1.82, 2.24) is 0 Å². The van der Waals surface area contributed by atoms with Gasteiger partial charge < -0.3 is 4.74 Å². The van der Waals surface area contributed by atoms with Crippen molar-refractivity contribution in [2.45, 2.75) is 167 Å². The van der Waals surface area contributed by atoms with Gasteiger partial charge >= 0.3 is 5.97 Å². The average molecular weight is 483 g/mol. The number of ether oxygens (including phenoxy) is 1. The molecule has 202 valence electrons. The van der Waals surface area contributed by atoms with E-state index in [0.29, 0.717) is 18.6 Å². The molecule has 0 atom stereocenters. The molecule has 0 aliphatic rings. The van der Waals surface area contributed by atoms with Crippen LogP contribution in [0.2, 0.25) is 0 Å². The van der Waals surface area contributed by atoms with Crippen LogP contribution in [0.3, 0.4) is 0 Å². The predicted molar refractivity (Wildman–Crippen MR) is 147 cm³/mol. The van der Waals surface area contributed by atoms with Gasteiger partial charge in [-0.2, -0.15) is 0 Å². The second kappa shape index (κ2) is 28.4. The van der Waals surface area contributed by atoms with Gasteiger partial charge in [-0.3, -0.25) is 4.39 Å². The summed E-state index contributed by atoms with van der Waals surface area (Å²) in [5.41, 5.74) is 0.637. The Labute approximate surface area is 212 Å². The van der Waals surface area contributed by atoms with E-state index in [1.807, 2.05) is 0 Å². The maximum Gasteiger partial charge on any atom is 0.333 e. The fourth-order valence-corrected chi connectivity index (χ4v) is 4.51. The number of hydrogen-bond donors (Lipinski definition) is 0. The lowest BCUT2D eigenvalue weighted by molar-refractivity contribution is -0.139. The Morgan fingerprint density at radius 1 is 0.559 bits per heavy atom. The quantitative estimate of drug-likeness (QED) is 0.0629. The molecule has 0 rings (SSSR count). The highest BCUT2D eigenvalue weighted by atomic mass is 19.1. The van der Waals surface area contributed by atoms with E-state index in [9.17, 15) is 9.18 Å². The minimum atomic E-state index is -0.202. The maximum absolute atomic E-state index is 12.0. The number of rotatable bonds is 28. The van der Waals surface area contributed by atoms with Gasteiger partial charge in [0.15, 0.2) is 0 Å². The van der Waals surface area contributed by atoms with E-state index >= 15 is 0 Å². The Morgan fingerprint density at radius 3 is 1.32 bits per heavy atom. The lowest BCUT2D eigenvalue weighted by atomic mass is 10.0. The van der Waals surface area contributed by atoms with Crippen LogP contribution in [0, 0.1) is 0 Å². The number of halogens is 1. The molecule has 0 radical (unpaired) electrons. The van der Waals surface area contributed by atoms with E-state index in [0.717, 1.165) is 38.5 Å². The van der Waals surface area contributed by atoms with E-state index in [1.54, 1.807) is 0 Å². The summed E-state index contributed by atoms with van der Waals surface area (Å²) in [5, 5.41) is 0. The summed E-state index contributed by atoms with van der Waals surface area (Å²) in [6.45, 7) is 6.53. The number of carbonyl (C=O) groups is 1. The standard InChI is InChI=1S/C31H59FO2/c1-3-4-5-6-7-8-9-10-11-12-13-14-15-18-21-24-27-30(2)31(33)34-29-26-23-20-17-16-19-22-25-28-32/h2-29H2,1H3. The van der Waals surface area contributed by atoms with Crippen LogP contribution in [-0.4, -0.2) is 19.3 Å². The van der Waals surface area contributed by atoms with Crippen LogP contribution >= 0.6 is 0 Å². The zero-order chi connectivity index (χ0) is 25.0. The molecule has 0 N–H and O–H groups in total. The van der Waals surface area contributed by atoms with Gasteiger partial charge in [-0.1, -0.05) is 148 Å². The van der Waals surface area contributed by atoms with Crippen LogP contribution in [-0.2, 0) is 9.53 Å². The molecule has 0 aliphatic carbocycles. The number of carbonyl (C=O) groups excluding carboxylic acids is 1. The number of hydrogen-bond acceptors (Lipinski definition) is 2. The largest absolute Gasteiger partial charge is 0.462 e. The fraction of sp³-hybridized carbons (Fsp3) is 0.903. The molecule has 0 heterocycles. The van der Waals surface area contributed by atoms with Crippen molar-refractivity contribution in [1.29, 1.82) is 0 Å². The summed E-state index contributed by atoms with van der Waals surface area (Å²) in [6, 6.07) is 0. The van der Waals surface area contributed by atoms with Crippen LogP contribution in [0.25, 0.3) is 0 Å². The van der Waals surface area contributed by atoms with Crippen molar-refractivity contribution in [3.63, 3.8) is 0 Å². The molecule has 0 fully saturated rings. The molecule has 0 spiro atoms. The first-order valence-electron chi connectivity index (χ1n) is 15.1. The normalized spacial score (nSPS) is 11.1. The molecule has 3 heteroatoms. The number of unbranched alkanes of at least 4 members (excludes halogenated alkanes) is 22. The van der Waals surface area contributed by atoms with E-state index in [-0.39, 0.29) is 12.6 Å². The highest BCUT2D eigenvalue weighted by Gasteiger charge is 2.08. The zero-order valence-corrected chi connectivity index (χ0v) is 23.0. The molecule has 0 aromatic carbocycles. The molecule has 0 aromatic rings. The van der Waals surface area contributed by atoms with Crippen molar-refractivity contribution >= 4 is 5.97 Å². The van der Waals surface area contributed by atoms with Gasteiger partial charge in [0.05, 0.1) is 13.3 Å². The Morgan fingerprint density at radius 2 is 0.912 bits per heavy atom. The van der Waals surface area contributed by atoms with Crippen LogP contribution in [0.4, 0.5) is 4.39 Å². The van der Waals surface area contributed by atoms with Crippen molar-refractivity contribution in [3.8, 4) is 0 Å². The van der Waals surface area contributed by atoms with Crippen LogP contribution in [0.15, 0.2) is 12.2 Å². The number of alkyl halides is 1. The molecule has 0 saturated heterocycles. The van der Waals surface area contributed by atoms with E-state index in [4.69, 9.17) is 4.74 Å². The second-order valence-electron chi connectivity index (χ2n) is 10.3. The topological polar surface area (TPSA) is 26.3 Å². The first-order valence-corrected chi connectivity index (χ1v) is 15.1. The third kappa shape index (κ3) is 25.8. The minimum absolute atomic E-state index is 0.184. The molecule has 0 saturated carbocycles. The Balaban J connectivity index is 3.28. The Bertz CT molecular complexity index is 435. The molecular weight excluding hydrogens is 423 g/mol. The third-order valence-corrected chi connectivity index (χ3v) is 6.88. The summed E-state index contributed by atoms with van der Waals surface area (Å²) >= 11 is 0. The summed E-state index contributed by atoms with van der Waals surface area (Å²) in [4.78, 5) is 12.0. The lowest BCUT2D eigenvalue weighted by Gasteiger charge is -2.07. The van der Waals surface area contributed by atoms with Crippen LogP contribution in [0.5, 0.6) is 0 Å². The minimum Gasteiger partial charge on any atom is -0.462 e. The van der Waals surface area contributed by atoms with Crippen molar-refractivity contribution in [3.05, 3.63) is 12.2 Å². The van der Waals surface area contributed by atoms with Gasteiger partial charge in [0, 0.05) is 5.57 Å². The highest BCUT2D eigenvalue weighted by Crippen LogP contribution is 2.15. The molecule has 0 aromatic heterocycles. The number of esters is 1. The molecule has 0 amide bonds.